The van der Waals surface area contributed by atoms with Crippen molar-refractivity contribution in [2.75, 3.05) is 13.6 Å². The Hall–Kier alpha value is -2.08. The zero-order chi connectivity index (χ0) is 13.0. The topological polar surface area (TPSA) is 98.1 Å². The van der Waals surface area contributed by atoms with Crippen LogP contribution in [0.15, 0.2) is 18.2 Å². The van der Waals surface area contributed by atoms with Crippen LogP contribution in [0.25, 0.3) is 0 Å². The van der Waals surface area contributed by atoms with Crippen molar-refractivity contribution in [2.45, 2.75) is 6.54 Å². The zero-order valence-electron chi connectivity index (χ0n) is 9.25. The summed E-state index contributed by atoms with van der Waals surface area (Å²) < 4.78 is 0. The number of rotatable bonds is 5. The lowest BCUT2D eigenvalue weighted by atomic mass is 10.1. The predicted octanol–water partition coefficient (Wildman–Crippen LogP) is 0.607. The second-order valence-electron chi connectivity index (χ2n) is 3.71. The monoisotopic (exact) mass is 239 g/mol. The van der Waals surface area contributed by atoms with Crippen LogP contribution in [0.4, 0.5) is 0 Å². The Bertz CT molecular complexity index is 443. The minimum Gasteiger partial charge on any atom is -0.508 e. The molecule has 0 heterocycles. The lowest BCUT2D eigenvalue weighted by Gasteiger charge is -2.15. The largest absolute Gasteiger partial charge is 0.508 e. The molecule has 0 aromatic heterocycles. The molecule has 0 saturated heterocycles. The Morgan fingerprint density at radius 3 is 2.47 bits per heavy atom. The maximum Gasteiger partial charge on any atom is 0.335 e. The smallest absolute Gasteiger partial charge is 0.335 e. The molecule has 0 unspecified atom stereocenters. The summed E-state index contributed by atoms with van der Waals surface area (Å²) in [6.07, 6.45) is 0. The number of aromatic carboxylic acids is 1. The molecule has 0 aliphatic rings. The maximum absolute atomic E-state index is 10.7. The molecule has 6 heteroatoms. The van der Waals surface area contributed by atoms with E-state index in [0.717, 1.165) is 0 Å². The summed E-state index contributed by atoms with van der Waals surface area (Å²) in [7, 11) is 1.57. The van der Waals surface area contributed by atoms with Crippen LogP contribution in [0, 0.1) is 0 Å². The minimum absolute atomic E-state index is 0.0489. The molecule has 6 nitrogen and oxygen atoms in total. The Morgan fingerprint density at radius 2 is 1.94 bits per heavy atom. The molecule has 0 spiro atoms. The molecule has 0 fully saturated rings. The lowest BCUT2D eigenvalue weighted by molar-refractivity contribution is -0.138. The van der Waals surface area contributed by atoms with Gasteiger partial charge in [0.1, 0.15) is 5.75 Å². The third-order valence-electron chi connectivity index (χ3n) is 2.17. The molecular weight excluding hydrogens is 226 g/mol. The van der Waals surface area contributed by atoms with E-state index in [-0.39, 0.29) is 24.4 Å². The molecule has 0 amide bonds. The Morgan fingerprint density at radius 1 is 1.29 bits per heavy atom. The quantitative estimate of drug-likeness (QED) is 0.696. The number of carboxylic acids is 2. The highest BCUT2D eigenvalue weighted by atomic mass is 16.4. The normalized spacial score (nSPS) is 10.5. The maximum atomic E-state index is 10.7. The highest BCUT2D eigenvalue weighted by molar-refractivity contribution is 5.88. The first-order chi connectivity index (χ1) is 7.90. The van der Waals surface area contributed by atoms with Crippen molar-refractivity contribution in [1.82, 2.24) is 4.90 Å². The Kier molecular flexibility index (Phi) is 4.06. The molecule has 1 rings (SSSR count). The van der Waals surface area contributed by atoms with E-state index in [1.165, 1.54) is 23.1 Å². The van der Waals surface area contributed by atoms with Crippen molar-refractivity contribution in [3.8, 4) is 5.75 Å². The van der Waals surface area contributed by atoms with Gasteiger partial charge in [-0.15, -0.1) is 0 Å². The fraction of sp³-hybridized carbons (Fsp3) is 0.273. The molecular formula is C11H13NO5. The fourth-order valence-corrected chi connectivity index (χ4v) is 1.42. The number of phenolic OH excluding ortho intramolecular Hbond substituents is 1. The van der Waals surface area contributed by atoms with Crippen LogP contribution in [-0.2, 0) is 11.3 Å². The number of hydrogen-bond donors (Lipinski definition) is 3. The van der Waals surface area contributed by atoms with E-state index in [9.17, 15) is 14.7 Å². The van der Waals surface area contributed by atoms with E-state index in [0.29, 0.717) is 5.56 Å². The van der Waals surface area contributed by atoms with Gasteiger partial charge in [0.25, 0.3) is 0 Å². The van der Waals surface area contributed by atoms with E-state index in [2.05, 4.69) is 0 Å². The van der Waals surface area contributed by atoms with Crippen molar-refractivity contribution >= 4 is 11.9 Å². The minimum atomic E-state index is -1.09. The van der Waals surface area contributed by atoms with Gasteiger partial charge in [0.05, 0.1) is 12.1 Å². The number of nitrogens with zero attached hydrogens (tertiary/aromatic N) is 1. The highest BCUT2D eigenvalue weighted by Gasteiger charge is 2.11. The molecule has 0 radical (unpaired) electrons. The summed E-state index contributed by atoms with van der Waals surface area (Å²) >= 11 is 0. The van der Waals surface area contributed by atoms with E-state index >= 15 is 0 Å². The third-order valence-corrected chi connectivity index (χ3v) is 2.17. The molecule has 92 valence electrons. The van der Waals surface area contributed by atoms with Gasteiger partial charge >= 0.3 is 11.9 Å². The van der Waals surface area contributed by atoms with Crippen LogP contribution >= 0.6 is 0 Å². The number of likely N-dealkylation sites (N-methyl/N-ethyl adjacent to an activating group) is 1. The summed E-state index contributed by atoms with van der Waals surface area (Å²) in [5.41, 5.74) is 0.440. The molecule has 17 heavy (non-hydrogen) atoms. The van der Waals surface area contributed by atoms with Crippen molar-refractivity contribution in [3.05, 3.63) is 29.3 Å². The molecule has 1 aromatic carbocycles. The molecule has 3 N–H and O–H groups in total. The van der Waals surface area contributed by atoms with E-state index in [1.54, 1.807) is 7.05 Å². The van der Waals surface area contributed by atoms with Crippen LogP contribution in [0.5, 0.6) is 5.75 Å². The zero-order valence-corrected chi connectivity index (χ0v) is 9.25. The van der Waals surface area contributed by atoms with E-state index < -0.39 is 11.9 Å². The van der Waals surface area contributed by atoms with Gasteiger partial charge in [0, 0.05) is 12.1 Å². The summed E-state index contributed by atoms with van der Waals surface area (Å²) in [4.78, 5) is 22.7. The average Bonchev–Trinajstić information content (AvgIpc) is 2.19. The van der Waals surface area contributed by atoms with Gasteiger partial charge in [-0.05, 0) is 25.2 Å². The molecule has 0 aliphatic heterocycles. The number of phenols is 1. The van der Waals surface area contributed by atoms with Gasteiger partial charge < -0.3 is 15.3 Å². The van der Waals surface area contributed by atoms with Crippen LogP contribution in [0.2, 0.25) is 0 Å². The number of aromatic hydroxyl groups is 1. The van der Waals surface area contributed by atoms with Crippen LogP contribution < -0.4 is 0 Å². The van der Waals surface area contributed by atoms with Crippen LogP contribution in [0.1, 0.15) is 15.9 Å². The molecule has 0 bridgehead atoms. The molecule has 0 aliphatic carbocycles. The molecule has 0 saturated carbocycles. The second-order valence-corrected chi connectivity index (χ2v) is 3.71. The number of hydrogen-bond acceptors (Lipinski definition) is 4. The van der Waals surface area contributed by atoms with Gasteiger partial charge in [-0.25, -0.2) is 4.79 Å². The van der Waals surface area contributed by atoms with Gasteiger partial charge in [-0.3, -0.25) is 9.69 Å². The first-order valence-corrected chi connectivity index (χ1v) is 4.85. The van der Waals surface area contributed by atoms with E-state index in [1.807, 2.05) is 0 Å². The highest BCUT2D eigenvalue weighted by Crippen LogP contribution is 2.19. The lowest BCUT2D eigenvalue weighted by Crippen LogP contribution is -2.25. The molecule has 1 aromatic rings. The summed E-state index contributed by atoms with van der Waals surface area (Å²) in [6, 6.07) is 3.90. The van der Waals surface area contributed by atoms with Crippen LogP contribution in [-0.4, -0.2) is 45.8 Å². The Labute approximate surface area is 97.7 Å². The van der Waals surface area contributed by atoms with Crippen molar-refractivity contribution in [3.63, 3.8) is 0 Å². The van der Waals surface area contributed by atoms with Crippen molar-refractivity contribution < 1.29 is 24.9 Å². The van der Waals surface area contributed by atoms with Gasteiger partial charge in [0.2, 0.25) is 0 Å². The molecule has 0 atom stereocenters. The fourth-order valence-electron chi connectivity index (χ4n) is 1.42. The third kappa shape index (κ3) is 3.76. The summed E-state index contributed by atoms with van der Waals surface area (Å²) in [6.45, 7) is -0.0179. The van der Waals surface area contributed by atoms with Crippen molar-refractivity contribution in [1.29, 1.82) is 0 Å². The van der Waals surface area contributed by atoms with Crippen molar-refractivity contribution in [2.24, 2.45) is 0 Å². The summed E-state index contributed by atoms with van der Waals surface area (Å²) in [5, 5.41) is 26.9. The van der Waals surface area contributed by atoms with Crippen LogP contribution in [0.3, 0.4) is 0 Å². The first-order valence-electron chi connectivity index (χ1n) is 4.85. The second kappa shape index (κ2) is 5.31. The SMILES string of the molecule is CN(CC(=O)O)Cc1cc(C(=O)O)ccc1O. The first kappa shape index (κ1) is 13.0. The standard InChI is InChI=1S/C11H13NO5/c1-12(6-10(14)15)5-8-4-7(11(16)17)2-3-9(8)13/h2-4,13H,5-6H2,1H3,(H,14,15)(H,16,17). The van der Waals surface area contributed by atoms with Gasteiger partial charge in [-0.1, -0.05) is 0 Å². The van der Waals surface area contributed by atoms with E-state index in [4.69, 9.17) is 10.2 Å². The Balaban J connectivity index is 2.86. The number of aliphatic carboxylic acids is 1. The van der Waals surface area contributed by atoms with Gasteiger partial charge in [0.15, 0.2) is 0 Å². The summed E-state index contributed by atoms with van der Waals surface area (Å²) in [5.74, 6) is -2.12. The predicted molar refractivity (Wildman–Crippen MR) is 59.0 cm³/mol. The van der Waals surface area contributed by atoms with Gasteiger partial charge in [-0.2, -0.15) is 0 Å². The number of carbonyl (C=O) groups is 2. The number of benzene rings is 1. The average molecular weight is 239 g/mol. The number of carboxylic acid groups (broad SMARTS) is 2.